The van der Waals surface area contributed by atoms with Gasteiger partial charge in [0.05, 0.1) is 34.4 Å². The quantitative estimate of drug-likeness (QED) is 0.201. The number of carbonyl (C=O) groups is 1. The van der Waals surface area contributed by atoms with E-state index >= 15 is 0 Å². The molecule has 19 heavy (non-hydrogen) atoms. The van der Waals surface area contributed by atoms with Crippen LogP contribution in [0, 0.1) is 0 Å². The monoisotopic (exact) mass is 294 g/mol. The molecule has 0 amide bonds. The summed E-state index contributed by atoms with van der Waals surface area (Å²) in [5.74, 6) is -0.380. The number of quaternary nitrogens is 1. The lowest BCUT2D eigenvalue weighted by atomic mass is 10.5. The van der Waals surface area contributed by atoms with E-state index in [-0.39, 0.29) is 19.2 Å². The molecule has 0 N–H and O–H groups in total. The lowest BCUT2D eigenvalue weighted by molar-refractivity contribution is -0.870. The zero-order valence-corrected chi connectivity index (χ0v) is 13.2. The number of allylic oxidation sites excluding steroid dienone is 1. The lowest BCUT2D eigenvalue weighted by Gasteiger charge is -2.23. The van der Waals surface area contributed by atoms with Crippen molar-refractivity contribution in [3.63, 3.8) is 0 Å². The van der Waals surface area contributed by atoms with Gasteiger partial charge in [0.15, 0.2) is 0 Å². The summed E-state index contributed by atoms with van der Waals surface area (Å²) in [5.41, 5.74) is 0. The highest BCUT2D eigenvalue weighted by atomic mass is 31.1. The Morgan fingerprint density at radius 2 is 1.79 bits per heavy atom. The molecule has 0 bridgehead atoms. The summed E-state index contributed by atoms with van der Waals surface area (Å²) in [6.07, 6.45) is 3.45. The molecule has 0 aromatic rings. The first-order valence-corrected chi connectivity index (χ1v) is 7.47. The first-order valence-electron chi connectivity index (χ1n) is 6.24. The molecule has 0 spiro atoms. The van der Waals surface area contributed by atoms with Crippen molar-refractivity contribution in [2.45, 2.75) is 13.3 Å². The van der Waals surface area contributed by atoms with Crippen LogP contribution in [0.1, 0.15) is 13.3 Å². The molecule has 1 atom stereocenters. The van der Waals surface area contributed by atoms with Crippen LogP contribution in [0.15, 0.2) is 12.2 Å². The first kappa shape index (κ1) is 18.3. The highest BCUT2D eigenvalue weighted by molar-refractivity contribution is 7.33. The second kappa shape index (κ2) is 10.1. The molecule has 0 aliphatic heterocycles. The Hall–Kier alpha value is -0.680. The smallest absolute Gasteiger partial charge is 0.330 e. The van der Waals surface area contributed by atoms with Gasteiger partial charge in [0, 0.05) is 12.5 Å². The Morgan fingerprint density at radius 1 is 1.16 bits per heavy atom. The topological polar surface area (TPSA) is 61.8 Å². The van der Waals surface area contributed by atoms with E-state index in [1.165, 1.54) is 6.08 Å². The van der Waals surface area contributed by atoms with Crippen LogP contribution in [0.4, 0.5) is 0 Å². The van der Waals surface area contributed by atoms with Crippen molar-refractivity contribution in [2.75, 3.05) is 47.5 Å². The molecule has 0 radical (unpaired) electrons. The maximum Gasteiger partial charge on any atom is 0.330 e. The average Bonchev–Trinajstić information content (AvgIpc) is 2.27. The minimum atomic E-state index is -2.44. The van der Waals surface area contributed by atoms with Gasteiger partial charge >= 0.3 is 14.2 Å². The van der Waals surface area contributed by atoms with Gasteiger partial charge in [-0.3, -0.25) is 4.57 Å². The highest BCUT2D eigenvalue weighted by Gasteiger charge is 2.08. The van der Waals surface area contributed by atoms with Crippen LogP contribution in [-0.4, -0.2) is 58.0 Å². The number of hydrogen-bond acceptors (Lipinski definition) is 5. The zero-order chi connectivity index (χ0) is 14.7. The molecule has 0 heterocycles. The van der Waals surface area contributed by atoms with Crippen molar-refractivity contribution < 1.29 is 27.6 Å². The summed E-state index contributed by atoms with van der Waals surface area (Å²) < 4.78 is 27.0. The fourth-order valence-electron chi connectivity index (χ4n) is 1.02. The Kier molecular flexibility index (Phi) is 9.79. The lowest BCUT2D eigenvalue weighted by Crippen LogP contribution is -2.37. The molecule has 0 aromatic heterocycles. The van der Waals surface area contributed by atoms with Crippen LogP contribution in [0.3, 0.4) is 0 Å². The van der Waals surface area contributed by atoms with Crippen molar-refractivity contribution in [1.82, 2.24) is 0 Å². The van der Waals surface area contributed by atoms with Crippen molar-refractivity contribution in [3.05, 3.63) is 12.2 Å². The molecular weight excluding hydrogens is 269 g/mol. The van der Waals surface area contributed by atoms with Gasteiger partial charge in [-0.15, -0.1) is 0 Å². The number of nitrogens with zero attached hydrogens (tertiary/aromatic N) is 1. The predicted molar refractivity (Wildman–Crippen MR) is 74.2 cm³/mol. The summed E-state index contributed by atoms with van der Waals surface area (Å²) >= 11 is 0. The molecule has 0 rings (SSSR count). The molecule has 1 unspecified atom stereocenters. The minimum absolute atomic E-state index is 0.247. The Morgan fingerprint density at radius 3 is 2.37 bits per heavy atom. The third kappa shape index (κ3) is 13.6. The van der Waals surface area contributed by atoms with E-state index in [1.54, 1.807) is 13.0 Å². The van der Waals surface area contributed by atoms with Gasteiger partial charge in [-0.25, -0.2) is 4.79 Å². The van der Waals surface area contributed by atoms with Crippen LogP contribution in [0.2, 0.25) is 0 Å². The summed E-state index contributed by atoms with van der Waals surface area (Å²) in [6, 6.07) is 0. The first-order chi connectivity index (χ1) is 8.85. The Balaban J connectivity index is 3.46. The van der Waals surface area contributed by atoms with Gasteiger partial charge in [0.25, 0.3) is 0 Å². The van der Waals surface area contributed by atoms with Crippen molar-refractivity contribution >= 4 is 14.2 Å². The fourth-order valence-corrected chi connectivity index (χ4v) is 1.67. The zero-order valence-electron chi connectivity index (χ0n) is 12.2. The largest absolute Gasteiger partial charge is 0.462 e. The number of rotatable bonds is 10. The standard InChI is InChI=1S/C12H25NO5P/c1-5-7-12(14)16-9-6-10-17-19(15)18-11-8-13(2,3)4/h5,7,19H,6,8-11H2,1-4H3/q+1. The van der Waals surface area contributed by atoms with Crippen LogP contribution < -0.4 is 0 Å². The fraction of sp³-hybridized carbons (Fsp3) is 0.750. The van der Waals surface area contributed by atoms with Crippen molar-refractivity contribution in [3.8, 4) is 0 Å². The molecule has 0 saturated heterocycles. The molecule has 0 aromatic carbocycles. The van der Waals surface area contributed by atoms with E-state index in [9.17, 15) is 9.36 Å². The van der Waals surface area contributed by atoms with Crippen LogP contribution in [0.5, 0.6) is 0 Å². The van der Waals surface area contributed by atoms with Gasteiger partial charge in [0.1, 0.15) is 13.2 Å². The van der Waals surface area contributed by atoms with E-state index in [0.717, 1.165) is 11.0 Å². The van der Waals surface area contributed by atoms with E-state index in [1.807, 2.05) is 21.1 Å². The van der Waals surface area contributed by atoms with Crippen LogP contribution in [-0.2, 0) is 23.1 Å². The molecule has 7 heteroatoms. The van der Waals surface area contributed by atoms with Gasteiger partial charge < -0.3 is 18.3 Å². The van der Waals surface area contributed by atoms with E-state index in [2.05, 4.69) is 0 Å². The number of esters is 1. The molecule has 0 aliphatic rings. The third-order valence-electron chi connectivity index (χ3n) is 2.04. The number of carbonyl (C=O) groups excluding carboxylic acids is 1. The Labute approximate surface area is 115 Å². The molecule has 0 aliphatic carbocycles. The summed E-state index contributed by atoms with van der Waals surface area (Å²) in [7, 11) is 3.65. The molecule has 6 nitrogen and oxygen atoms in total. The van der Waals surface area contributed by atoms with E-state index in [4.69, 9.17) is 13.8 Å². The normalized spacial score (nSPS) is 13.7. The highest BCUT2D eigenvalue weighted by Crippen LogP contribution is 2.23. The number of hydrogen-bond donors (Lipinski definition) is 0. The minimum Gasteiger partial charge on any atom is -0.462 e. The third-order valence-corrected chi connectivity index (χ3v) is 2.92. The SMILES string of the molecule is CC=CC(=O)OCCCO[PH](=O)OCC[N+](C)(C)C. The van der Waals surface area contributed by atoms with Crippen molar-refractivity contribution in [1.29, 1.82) is 0 Å². The molecule has 0 saturated carbocycles. The van der Waals surface area contributed by atoms with E-state index < -0.39 is 8.25 Å². The number of likely N-dealkylation sites (N-methyl/N-ethyl adjacent to an activating group) is 1. The van der Waals surface area contributed by atoms with Gasteiger partial charge in [-0.05, 0) is 6.92 Å². The van der Waals surface area contributed by atoms with Crippen LogP contribution >= 0.6 is 8.25 Å². The maximum absolute atomic E-state index is 11.3. The van der Waals surface area contributed by atoms with Crippen LogP contribution in [0.25, 0.3) is 0 Å². The Bertz CT molecular complexity index is 312. The molecule has 112 valence electrons. The second-order valence-electron chi connectivity index (χ2n) is 4.98. The molecular formula is C12H25NO5P+. The van der Waals surface area contributed by atoms with E-state index in [0.29, 0.717) is 13.0 Å². The van der Waals surface area contributed by atoms with Gasteiger partial charge in [0.2, 0.25) is 0 Å². The second-order valence-corrected chi connectivity index (χ2v) is 6.06. The maximum atomic E-state index is 11.3. The summed E-state index contributed by atoms with van der Waals surface area (Å²) in [5, 5.41) is 0. The van der Waals surface area contributed by atoms with Gasteiger partial charge in [-0.2, -0.15) is 0 Å². The molecule has 0 fully saturated rings. The van der Waals surface area contributed by atoms with Crippen molar-refractivity contribution in [2.24, 2.45) is 0 Å². The predicted octanol–water partition coefficient (Wildman–Crippen LogP) is 1.62. The number of ether oxygens (including phenoxy) is 1. The summed E-state index contributed by atoms with van der Waals surface area (Å²) in [4.78, 5) is 10.9. The van der Waals surface area contributed by atoms with Gasteiger partial charge in [-0.1, -0.05) is 6.08 Å². The average molecular weight is 294 g/mol. The summed E-state index contributed by atoms with van der Waals surface area (Å²) in [6.45, 7) is 3.41.